The van der Waals surface area contributed by atoms with E-state index in [1.807, 2.05) is 0 Å². The van der Waals surface area contributed by atoms with Crippen LogP contribution >= 0.6 is 0 Å². The topological polar surface area (TPSA) is 74.7 Å². The van der Waals surface area contributed by atoms with E-state index < -0.39 is 17.8 Å². The molecule has 0 saturated carbocycles. The van der Waals surface area contributed by atoms with Crippen LogP contribution in [-0.2, 0) is 14.4 Å². The lowest BCUT2D eigenvalue weighted by molar-refractivity contribution is -0.156. The first-order valence-corrected chi connectivity index (χ1v) is 3.55. The second kappa shape index (κ2) is 2.92. The molecule has 5 nitrogen and oxygen atoms in total. The summed E-state index contributed by atoms with van der Waals surface area (Å²) in [5, 5.41) is 8.58. The van der Waals surface area contributed by atoms with Crippen LogP contribution in [0.2, 0.25) is 0 Å². The molecule has 1 saturated heterocycles. The second-order valence-corrected chi connectivity index (χ2v) is 2.71. The van der Waals surface area contributed by atoms with Crippen LogP contribution in [0, 0.1) is 0 Å². The molecule has 1 atom stereocenters. The number of hydrogen-bond acceptors (Lipinski definition) is 3. The molecule has 0 spiro atoms. The van der Waals surface area contributed by atoms with E-state index in [2.05, 4.69) is 0 Å². The molecule has 1 aliphatic rings. The Balaban J connectivity index is 2.86. The highest BCUT2D eigenvalue weighted by Crippen LogP contribution is 2.12. The van der Waals surface area contributed by atoms with Gasteiger partial charge in [0.25, 0.3) is 0 Å². The van der Waals surface area contributed by atoms with Gasteiger partial charge in [0.05, 0.1) is 0 Å². The summed E-state index contributed by atoms with van der Waals surface area (Å²) < 4.78 is 0. The molecule has 1 N–H and O–H groups in total. The van der Waals surface area contributed by atoms with Crippen LogP contribution in [0.15, 0.2) is 0 Å². The maximum absolute atomic E-state index is 11.0. The zero-order chi connectivity index (χ0) is 9.30. The summed E-state index contributed by atoms with van der Waals surface area (Å²) in [5.74, 6) is -1.94. The normalized spacial score (nSPS) is 24.4. The molecule has 0 aliphatic carbocycles. The van der Waals surface area contributed by atoms with Gasteiger partial charge in [-0.25, -0.2) is 4.79 Å². The number of carbonyl (C=O) groups is 3. The molecule has 0 radical (unpaired) electrons. The van der Waals surface area contributed by atoms with E-state index >= 15 is 0 Å². The van der Waals surface area contributed by atoms with Crippen molar-refractivity contribution in [3.8, 4) is 0 Å². The van der Waals surface area contributed by atoms with Gasteiger partial charge in [-0.2, -0.15) is 0 Å². The Hall–Kier alpha value is -1.39. The van der Waals surface area contributed by atoms with Gasteiger partial charge >= 0.3 is 5.97 Å². The summed E-state index contributed by atoms with van der Waals surface area (Å²) in [4.78, 5) is 33.5. The predicted molar refractivity (Wildman–Crippen MR) is 38.4 cm³/mol. The van der Waals surface area contributed by atoms with Crippen molar-refractivity contribution >= 4 is 17.7 Å². The summed E-state index contributed by atoms with van der Waals surface area (Å²) in [6.07, 6.45) is 0.166. The molecule has 0 unspecified atom stereocenters. The third-order valence-corrected chi connectivity index (χ3v) is 1.90. The monoisotopic (exact) mass is 171 g/mol. The third kappa shape index (κ3) is 1.30. The molecular weight excluding hydrogens is 162 g/mol. The number of amides is 1. The number of piperidine rings is 1. The Morgan fingerprint density at radius 1 is 1.50 bits per heavy atom. The number of rotatable bonds is 1. The fraction of sp³-hybridized carbons (Fsp3) is 0.571. The van der Waals surface area contributed by atoms with Gasteiger partial charge < -0.3 is 10.0 Å². The van der Waals surface area contributed by atoms with E-state index in [0.717, 1.165) is 4.90 Å². The van der Waals surface area contributed by atoms with Gasteiger partial charge in [-0.15, -0.1) is 0 Å². The smallest absolute Gasteiger partial charge is 0.334 e. The van der Waals surface area contributed by atoms with Crippen LogP contribution < -0.4 is 0 Å². The van der Waals surface area contributed by atoms with Gasteiger partial charge in [0.1, 0.15) is 0 Å². The van der Waals surface area contributed by atoms with Crippen molar-refractivity contribution in [1.82, 2.24) is 4.90 Å². The Labute approximate surface area is 69.0 Å². The SMILES string of the molecule is CN1C(=O)CCC(=O)[C@H]1C(=O)O. The van der Waals surface area contributed by atoms with E-state index in [4.69, 9.17) is 5.11 Å². The van der Waals surface area contributed by atoms with E-state index in [9.17, 15) is 14.4 Å². The summed E-state index contributed by atoms with van der Waals surface area (Å²) in [6.45, 7) is 0. The molecule has 0 bridgehead atoms. The molecular formula is C7H9NO4. The molecule has 0 aromatic carbocycles. The molecule has 66 valence electrons. The Kier molecular flexibility index (Phi) is 2.12. The molecule has 1 fully saturated rings. The average molecular weight is 171 g/mol. The summed E-state index contributed by atoms with van der Waals surface area (Å²) in [7, 11) is 1.33. The lowest BCUT2D eigenvalue weighted by Crippen LogP contribution is -2.51. The largest absolute Gasteiger partial charge is 0.479 e. The van der Waals surface area contributed by atoms with Crippen molar-refractivity contribution in [2.75, 3.05) is 7.05 Å². The van der Waals surface area contributed by atoms with Crippen molar-refractivity contribution in [2.45, 2.75) is 18.9 Å². The molecule has 1 heterocycles. The number of likely N-dealkylation sites (tertiary alicyclic amines) is 1. The van der Waals surface area contributed by atoms with Gasteiger partial charge in [0.2, 0.25) is 5.91 Å². The highest BCUT2D eigenvalue weighted by molar-refractivity contribution is 6.08. The van der Waals surface area contributed by atoms with Crippen molar-refractivity contribution in [3.63, 3.8) is 0 Å². The minimum atomic E-state index is -1.27. The number of Topliss-reactive ketones (excluding diaryl/α,β-unsaturated/α-hetero) is 1. The number of carbonyl (C=O) groups excluding carboxylic acids is 2. The van der Waals surface area contributed by atoms with Gasteiger partial charge in [-0.1, -0.05) is 0 Å². The quantitative estimate of drug-likeness (QED) is 0.527. The van der Waals surface area contributed by atoms with Crippen molar-refractivity contribution < 1.29 is 19.5 Å². The Bertz CT molecular complexity index is 248. The highest BCUT2D eigenvalue weighted by atomic mass is 16.4. The zero-order valence-electron chi connectivity index (χ0n) is 6.61. The summed E-state index contributed by atoms with van der Waals surface area (Å²) in [5.41, 5.74) is 0. The Morgan fingerprint density at radius 2 is 2.08 bits per heavy atom. The Morgan fingerprint density at radius 3 is 2.50 bits per heavy atom. The fourth-order valence-electron chi connectivity index (χ4n) is 1.21. The number of hydrogen-bond donors (Lipinski definition) is 1. The van der Waals surface area contributed by atoms with Gasteiger partial charge in [0, 0.05) is 19.9 Å². The molecule has 1 aliphatic heterocycles. The number of likely N-dealkylation sites (N-methyl/N-ethyl adjacent to an activating group) is 1. The van der Waals surface area contributed by atoms with Crippen molar-refractivity contribution in [1.29, 1.82) is 0 Å². The average Bonchev–Trinajstić information content (AvgIpc) is 1.97. The van der Waals surface area contributed by atoms with E-state index in [0.29, 0.717) is 0 Å². The van der Waals surface area contributed by atoms with Crippen LogP contribution in [-0.4, -0.2) is 40.8 Å². The van der Waals surface area contributed by atoms with Crippen LogP contribution in [0.5, 0.6) is 0 Å². The zero-order valence-corrected chi connectivity index (χ0v) is 6.61. The molecule has 5 heteroatoms. The van der Waals surface area contributed by atoms with Crippen molar-refractivity contribution in [3.05, 3.63) is 0 Å². The minimum Gasteiger partial charge on any atom is -0.479 e. The number of ketones is 1. The number of carboxylic acids is 1. The van der Waals surface area contributed by atoms with Crippen molar-refractivity contribution in [2.24, 2.45) is 0 Å². The van der Waals surface area contributed by atoms with E-state index in [1.54, 1.807) is 0 Å². The maximum Gasteiger partial charge on any atom is 0.334 e. The molecule has 12 heavy (non-hydrogen) atoms. The van der Waals surface area contributed by atoms with Gasteiger partial charge in [-0.05, 0) is 0 Å². The lowest BCUT2D eigenvalue weighted by Gasteiger charge is -2.27. The molecule has 0 aromatic heterocycles. The first kappa shape index (κ1) is 8.70. The van der Waals surface area contributed by atoms with Gasteiger partial charge in [0.15, 0.2) is 11.8 Å². The molecule has 1 rings (SSSR count). The minimum absolute atomic E-state index is 0.0418. The second-order valence-electron chi connectivity index (χ2n) is 2.71. The number of carboxylic acid groups (broad SMARTS) is 1. The van der Waals surface area contributed by atoms with E-state index in [-0.39, 0.29) is 18.7 Å². The maximum atomic E-state index is 11.0. The molecule has 0 aromatic rings. The summed E-state index contributed by atoms with van der Waals surface area (Å²) >= 11 is 0. The molecule has 1 amide bonds. The van der Waals surface area contributed by atoms with Crippen LogP contribution in [0.1, 0.15) is 12.8 Å². The van der Waals surface area contributed by atoms with Crippen LogP contribution in [0.3, 0.4) is 0 Å². The third-order valence-electron chi connectivity index (χ3n) is 1.90. The predicted octanol–water partition coefficient (Wildman–Crippen LogP) is -0.739. The fourth-order valence-corrected chi connectivity index (χ4v) is 1.21. The van der Waals surface area contributed by atoms with Crippen LogP contribution in [0.4, 0.5) is 0 Å². The first-order chi connectivity index (χ1) is 5.54. The standard InChI is InChI=1S/C7H9NO4/c1-8-5(10)3-2-4(9)6(8)7(11)12/h6H,2-3H2,1H3,(H,11,12)/t6-/m0/s1. The van der Waals surface area contributed by atoms with Crippen LogP contribution in [0.25, 0.3) is 0 Å². The van der Waals surface area contributed by atoms with Gasteiger partial charge in [-0.3, -0.25) is 9.59 Å². The lowest BCUT2D eigenvalue weighted by atomic mass is 10.0. The summed E-state index contributed by atoms with van der Waals surface area (Å²) in [6, 6.07) is -1.27. The highest BCUT2D eigenvalue weighted by Gasteiger charge is 2.36. The number of aliphatic carboxylic acids is 1. The first-order valence-electron chi connectivity index (χ1n) is 3.55. The van der Waals surface area contributed by atoms with E-state index in [1.165, 1.54) is 7.05 Å². The number of nitrogens with zero attached hydrogens (tertiary/aromatic N) is 1.